The van der Waals surface area contributed by atoms with E-state index in [0.717, 1.165) is 18.8 Å². The molecule has 0 radical (unpaired) electrons. The molecule has 0 N–H and O–H groups in total. The number of hydrogen-bond donors (Lipinski definition) is 0. The van der Waals surface area contributed by atoms with Crippen LogP contribution in [0, 0.1) is 17.0 Å². The van der Waals surface area contributed by atoms with E-state index in [9.17, 15) is 10.1 Å². The Balaban J connectivity index is 1.73. The number of nitrogens with zero attached hydrogens (tertiary/aromatic N) is 6. The van der Waals surface area contributed by atoms with Crippen LogP contribution in [-0.4, -0.2) is 37.5 Å². The molecule has 116 valence electrons. The van der Waals surface area contributed by atoms with Gasteiger partial charge in [-0.1, -0.05) is 11.3 Å². The van der Waals surface area contributed by atoms with Crippen LogP contribution >= 0.6 is 11.3 Å². The third kappa shape index (κ3) is 2.54. The summed E-state index contributed by atoms with van der Waals surface area (Å²) < 4.78 is 3.59. The van der Waals surface area contributed by atoms with E-state index in [1.807, 2.05) is 25.1 Å². The van der Waals surface area contributed by atoms with Gasteiger partial charge in [-0.2, -0.15) is 9.38 Å². The van der Waals surface area contributed by atoms with Gasteiger partial charge in [0.1, 0.15) is 12.0 Å². The fourth-order valence-electron chi connectivity index (χ4n) is 2.41. The monoisotopic (exact) mass is 320 g/mol. The first-order chi connectivity index (χ1) is 10.6. The van der Waals surface area contributed by atoms with Crippen LogP contribution in [0.1, 0.15) is 12.2 Å². The van der Waals surface area contributed by atoms with Crippen molar-refractivity contribution >= 4 is 27.9 Å². The molecule has 22 heavy (non-hydrogen) atoms. The van der Waals surface area contributed by atoms with E-state index in [1.54, 1.807) is 17.8 Å². The van der Waals surface area contributed by atoms with E-state index in [2.05, 4.69) is 14.5 Å². The van der Waals surface area contributed by atoms with Crippen LogP contribution in [0.15, 0.2) is 24.0 Å². The Labute approximate surface area is 130 Å². The van der Waals surface area contributed by atoms with Crippen molar-refractivity contribution in [3.63, 3.8) is 0 Å². The van der Waals surface area contributed by atoms with Gasteiger partial charge in [0.25, 0.3) is 4.96 Å². The molecular weight excluding hydrogens is 304 g/mol. The van der Waals surface area contributed by atoms with Gasteiger partial charge in [0.05, 0.1) is 0 Å². The van der Waals surface area contributed by atoms with E-state index in [4.69, 9.17) is 0 Å². The number of aromatic nitrogens is 4. The summed E-state index contributed by atoms with van der Waals surface area (Å²) in [5.74, 6) is 1.41. The molecule has 0 aliphatic heterocycles. The number of nitro groups is 1. The van der Waals surface area contributed by atoms with E-state index in [0.29, 0.717) is 17.3 Å². The maximum absolute atomic E-state index is 11.3. The van der Waals surface area contributed by atoms with E-state index in [-0.39, 0.29) is 10.7 Å². The van der Waals surface area contributed by atoms with Gasteiger partial charge in [0, 0.05) is 37.9 Å². The second-order valence-corrected chi connectivity index (χ2v) is 5.89. The summed E-state index contributed by atoms with van der Waals surface area (Å²) in [4.78, 5) is 22.0. The molecule has 0 spiro atoms. The number of hydrogen-bond acceptors (Lipinski definition) is 6. The number of anilines is 1. The Hall–Kier alpha value is -2.42. The number of fused-ring (bicyclic) bond motifs is 1. The van der Waals surface area contributed by atoms with Crippen LogP contribution < -0.4 is 4.90 Å². The second-order valence-electron chi connectivity index (χ2n) is 5.01. The molecule has 9 heteroatoms. The maximum atomic E-state index is 11.3. The van der Waals surface area contributed by atoms with Crippen molar-refractivity contribution in [2.75, 3.05) is 18.5 Å². The molecule has 0 saturated heterocycles. The van der Waals surface area contributed by atoms with Crippen molar-refractivity contribution in [3.8, 4) is 0 Å². The Morgan fingerprint density at radius 1 is 1.45 bits per heavy atom. The number of aryl methyl sites for hydroxylation is 2. The maximum Gasteiger partial charge on any atom is 0.373 e. The van der Waals surface area contributed by atoms with Gasteiger partial charge in [0.15, 0.2) is 0 Å². The smallest absolute Gasteiger partial charge is 0.358 e. The van der Waals surface area contributed by atoms with Crippen LogP contribution in [-0.2, 0) is 6.54 Å². The molecule has 0 fully saturated rings. The van der Waals surface area contributed by atoms with Gasteiger partial charge < -0.3 is 19.6 Å². The minimum Gasteiger partial charge on any atom is -0.358 e. The van der Waals surface area contributed by atoms with Gasteiger partial charge >= 0.3 is 5.82 Å². The summed E-state index contributed by atoms with van der Waals surface area (Å²) >= 11 is 1.39. The molecule has 0 atom stereocenters. The van der Waals surface area contributed by atoms with E-state index in [1.165, 1.54) is 15.7 Å². The summed E-state index contributed by atoms with van der Waals surface area (Å²) in [7, 11) is 1.83. The second kappa shape index (κ2) is 5.76. The number of rotatable bonds is 6. The molecule has 3 heterocycles. The molecule has 0 aliphatic carbocycles. The quantitative estimate of drug-likeness (QED) is 0.514. The highest BCUT2D eigenvalue weighted by molar-refractivity contribution is 7.15. The summed E-state index contributed by atoms with van der Waals surface area (Å²) in [6.45, 7) is 3.47. The minimum absolute atomic E-state index is 0.0255. The highest BCUT2D eigenvalue weighted by Gasteiger charge is 2.26. The lowest BCUT2D eigenvalue weighted by molar-refractivity contribution is -0.389. The van der Waals surface area contributed by atoms with Gasteiger partial charge in [-0.05, 0) is 18.3 Å². The lowest BCUT2D eigenvalue weighted by Gasteiger charge is -2.16. The third-order valence-electron chi connectivity index (χ3n) is 3.57. The predicted octanol–water partition coefficient (Wildman–Crippen LogP) is 2.34. The first-order valence-corrected chi connectivity index (χ1v) is 7.74. The lowest BCUT2D eigenvalue weighted by Crippen LogP contribution is -2.21. The highest BCUT2D eigenvalue weighted by Crippen LogP contribution is 2.30. The SMILES string of the molecule is Cc1nccn1CCCN(C)c1nc2sccn2c1[N+](=O)[O-]. The number of imidazole rings is 2. The average Bonchev–Trinajstić information content (AvgIpc) is 3.13. The first-order valence-electron chi connectivity index (χ1n) is 6.86. The van der Waals surface area contributed by atoms with E-state index < -0.39 is 0 Å². The Kier molecular flexibility index (Phi) is 3.80. The van der Waals surface area contributed by atoms with Gasteiger partial charge in [0.2, 0.25) is 5.82 Å². The lowest BCUT2D eigenvalue weighted by atomic mass is 10.3. The van der Waals surface area contributed by atoms with Crippen molar-refractivity contribution in [3.05, 3.63) is 39.9 Å². The standard InChI is InChI=1S/C13H16N6O2S/c1-10-14-4-7-17(10)6-3-5-16(2)11-12(19(20)21)18-8-9-22-13(18)15-11/h4,7-9H,3,5-6H2,1-2H3. The minimum atomic E-state index is -0.376. The largest absolute Gasteiger partial charge is 0.373 e. The molecule has 0 unspecified atom stereocenters. The van der Waals surface area contributed by atoms with Crippen molar-refractivity contribution < 1.29 is 4.92 Å². The molecule has 0 bridgehead atoms. The molecule has 0 amide bonds. The fraction of sp³-hybridized carbons (Fsp3) is 0.385. The topological polar surface area (TPSA) is 81.5 Å². The first kappa shape index (κ1) is 14.5. The molecule has 0 aliphatic rings. The number of thiazole rings is 1. The van der Waals surface area contributed by atoms with Crippen molar-refractivity contribution in [2.45, 2.75) is 19.9 Å². The van der Waals surface area contributed by atoms with Gasteiger partial charge in [-0.25, -0.2) is 4.98 Å². The van der Waals surface area contributed by atoms with E-state index >= 15 is 0 Å². The van der Waals surface area contributed by atoms with Crippen LogP contribution in [0.25, 0.3) is 4.96 Å². The van der Waals surface area contributed by atoms with Crippen LogP contribution in [0.4, 0.5) is 11.6 Å². The Morgan fingerprint density at radius 2 is 2.27 bits per heavy atom. The molecular formula is C13H16N6O2S. The average molecular weight is 320 g/mol. The van der Waals surface area contributed by atoms with Crippen LogP contribution in [0.3, 0.4) is 0 Å². The van der Waals surface area contributed by atoms with Gasteiger partial charge in [-0.15, -0.1) is 0 Å². The van der Waals surface area contributed by atoms with Crippen LogP contribution in [0.2, 0.25) is 0 Å². The summed E-state index contributed by atoms with van der Waals surface area (Å²) in [6.07, 6.45) is 6.24. The molecule has 0 saturated carbocycles. The third-order valence-corrected chi connectivity index (χ3v) is 4.33. The van der Waals surface area contributed by atoms with Crippen molar-refractivity contribution in [1.82, 2.24) is 18.9 Å². The molecule has 3 aromatic rings. The normalized spacial score (nSPS) is 11.2. The van der Waals surface area contributed by atoms with Gasteiger partial charge in [-0.3, -0.25) is 0 Å². The molecule has 0 aromatic carbocycles. The van der Waals surface area contributed by atoms with Crippen molar-refractivity contribution in [1.29, 1.82) is 0 Å². The summed E-state index contributed by atoms with van der Waals surface area (Å²) in [6, 6.07) is 0. The zero-order chi connectivity index (χ0) is 15.7. The Morgan fingerprint density at radius 3 is 2.95 bits per heavy atom. The molecule has 3 aromatic heterocycles. The summed E-state index contributed by atoms with van der Waals surface area (Å²) in [5, 5.41) is 13.1. The predicted molar refractivity (Wildman–Crippen MR) is 84.6 cm³/mol. The van der Waals surface area contributed by atoms with Crippen molar-refractivity contribution in [2.24, 2.45) is 0 Å². The Bertz CT molecular complexity index is 805. The fourth-order valence-corrected chi connectivity index (χ4v) is 3.12. The zero-order valence-electron chi connectivity index (χ0n) is 12.3. The van der Waals surface area contributed by atoms with Crippen LogP contribution in [0.5, 0.6) is 0 Å². The summed E-state index contributed by atoms with van der Waals surface area (Å²) in [5.41, 5.74) is 0. The molecule has 3 rings (SSSR count). The zero-order valence-corrected chi connectivity index (χ0v) is 13.2. The highest BCUT2D eigenvalue weighted by atomic mass is 32.1. The molecule has 8 nitrogen and oxygen atoms in total.